The highest BCUT2D eigenvalue weighted by Crippen LogP contribution is 2.30. The Kier molecular flexibility index (Phi) is 5.03. The number of nitrogens with one attached hydrogen (secondary N) is 2. The number of para-hydroxylation sites is 1. The summed E-state index contributed by atoms with van der Waals surface area (Å²) in [4.78, 5) is 13.7. The third-order valence-electron chi connectivity index (χ3n) is 4.71. The molecule has 1 unspecified atom stereocenters. The van der Waals surface area contributed by atoms with Crippen molar-refractivity contribution in [1.82, 2.24) is 15.5 Å². The van der Waals surface area contributed by atoms with Gasteiger partial charge in [0.1, 0.15) is 5.75 Å². The minimum Gasteiger partial charge on any atom is -0.494 e. The van der Waals surface area contributed by atoms with Gasteiger partial charge in [-0.15, -0.1) is 0 Å². The van der Waals surface area contributed by atoms with Gasteiger partial charge in [-0.3, -0.25) is 4.90 Å². The molecule has 3 N–H and O–H groups in total. The molecule has 126 valence electrons. The van der Waals surface area contributed by atoms with Crippen LogP contribution in [0.1, 0.15) is 25.7 Å². The first-order valence-electron chi connectivity index (χ1n) is 8.37. The average molecular weight is 319 g/mol. The van der Waals surface area contributed by atoms with E-state index in [1.54, 1.807) is 4.90 Å². The SMILES string of the molecule is O=C1NC2(CCNCC2)C(O)N1CCCCOc1ccccc1. The number of carbonyl (C=O) groups is 1. The summed E-state index contributed by atoms with van der Waals surface area (Å²) in [6, 6.07) is 9.55. The van der Waals surface area contributed by atoms with E-state index in [9.17, 15) is 9.90 Å². The largest absolute Gasteiger partial charge is 0.494 e. The van der Waals surface area contributed by atoms with Crippen molar-refractivity contribution in [2.75, 3.05) is 26.2 Å². The Morgan fingerprint density at radius 1 is 1.22 bits per heavy atom. The molecule has 3 rings (SSSR count). The Balaban J connectivity index is 1.42. The van der Waals surface area contributed by atoms with Gasteiger partial charge in [-0.05, 0) is 50.9 Å². The fraction of sp³-hybridized carbons (Fsp3) is 0.588. The normalized spacial score (nSPS) is 23.1. The number of urea groups is 1. The molecule has 1 aromatic rings. The van der Waals surface area contributed by atoms with Crippen LogP contribution >= 0.6 is 0 Å². The number of unbranched alkanes of at least 4 members (excludes halogenated alkanes) is 1. The van der Waals surface area contributed by atoms with E-state index in [0.29, 0.717) is 13.2 Å². The fourth-order valence-electron chi connectivity index (χ4n) is 3.33. The number of benzene rings is 1. The second-order valence-corrected chi connectivity index (χ2v) is 6.27. The van der Waals surface area contributed by atoms with Gasteiger partial charge in [-0.25, -0.2) is 4.79 Å². The van der Waals surface area contributed by atoms with Gasteiger partial charge in [0.2, 0.25) is 0 Å². The van der Waals surface area contributed by atoms with E-state index < -0.39 is 11.8 Å². The summed E-state index contributed by atoms with van der Waals surface area (Å²) in [5, 5.41) is 16.8. The molecule has 0 aromatic heterocycles. The lowest BCUT2D eigenvalue weighted by Gasteiger charge is -2.36. The first-order chi connectivity index (χ1) is 11.2. The smallest absolute Gasteiger partial charge is 0.320 e. The quantitative estimate of drug-likeness (QED) is 0.691. The van der Waals surface area contributed by atoms with Crippen LogP contribution in [0.5, 0.6) is 5.75 Å². The van der Waals surface area contributed by atoms with Gasteiger partial charge in [0.05, 0.1) is 12.1 Å². The zero-order valence-corrected chi connectivity index (χ0v) is 13.3. The fourth-order valence-corrected chi connectivity index (χ4v) is 3.33. The van der Waals surface area contributed by atoms with E-state index in [2.05, 4.69) is 10.6 Å². The van der Waals surface area contributed by atoms with Crippen LogP contribution in [-0.4, -0.2) is 54.0 Å². The van der Waals surface area contributed by atoms with Crippen molar-refractivity contribution in [3.8, 4) is 5.75 Å². The molecule has 2 fully saturated rings. The van der Waals surface area contributed by atoms with Crippen molar-refractivity contribution in [1.29, 1.82) is 0 Å². The number of hydrogen-bond acceptors (Lipinski definition) is 4. The molecule has 0 aliphatic carbocycles. The molecule has 0 bridgehead atoms. The number of rotatable bonds is 6. The molecule has 2 heterocycles. The predicted molar refractivity (Wildman–Crippen MR) is 87.3 cm³/mol. The summed E-state index contributed by atoms with van der Waals surface area (Å²) in [7, 11) is 0. The van der Waals surface area contributed by atoms with Crippen molar-refractivity contribution in [3.05, 3.63) is 30.3 Å². The zero-order chi connectivity index (χ0) is 16.1. The minimum atomic E-state index is -0.729. The van der Waals surface area contributed by atoms with Crippen LogP contribution in [0.3, 0.4) is 0 Å². The summed E-state index contributed by atoms with van der Waals surface area (Å²) in [6.07, 6.45) is 2.47. The Hall–Kier alpha value is -1.79. The van der Waals surface area contributed by atoms with E-state index in [4.69, 9.17) is 4.74 Å². The highest BCUT2D eigenvalue weighted by Gasteiger charge is 2.50. The molecule has 2 saturated heterocycles. The van der Waals surface area contributed by atoms with Crippen LogP contribution in [0.15, 0.2) is 30.3 Å². The molecule has 1 atom stereocenters. The number of ether oxygens (including phenoxy) is 1. The van der Waals surface area contributed by atoms with Crippen molar-refractivity contribution in [2.45, 2.75) is 37.5 Å². The maximum absolute atomic E-state index is 12.1. The molecule has 1 spiro atoms. The van der Waals surface area contributed by atoms with Crippen molar-refractivity contribution in [2.24, 2.45) is 0 Å². The predicted octanol–water partition coefficient (Wildman–Crippen LogP) is 1.31. The number of nitrogens with zero attached hydrogens (tertiary/aromatic N) is 1. The van der Waals surface area contributed by atoms with Crippen LogP contribution in [0.25, 0.3) is 0 Å². The summed E-state index contributed by atoms with van der Waals surface area (Å²) in [5.74, 6) is 0.861. The van der Waals surface area contributed by atoms with Gasteiger partial charge >= 0.3 is 6.03 Å². The Morgan fingerprint density at radius 2 is 1.96 bits per heavy atom. The summed E-state index contributed by atoms with van der Waals surface area (Å²) in [5.41, 5.74) is -0.469. The third kappa shape index (κ3) is 3.59. The van der Waals surface area contributed by atoms with Crippen LogP contribution in [-0.2, 0) is 0 Å². The van der Waals surface area contributed by atoms with Gasteiger partial charge in [0.15, 0.2) is 6.23 Å². The highest BCUT2D eigenvalue weighted by atomic mass is 16.5. The Bertz CT molecular complexity index is 517. The number of carbonyl (C=O) groups excluding carboxylic acids is 1. The zero-order valence-electron chi connectivity index (χ0n) is 13.3. The van der Waals surface area contributed by atoms with Crippen molar-refractivity contribution in [3.63, 3.8) is 0 Å². The molecule has 2 aliphatic heterocycles. The summed E-state index contributed by atoms with van der Waals surface area (Å²) >= 11 is 0. The number of piperidine rings is 1. The van der Waals surface area contributed by atoms with Crippen LogP contribution in [0, 0.1) is 0 Å². The number of hydrogen-bond donors (Lipinski definition) is 3. The van der Waals surface area contributed by atoms with Crippen LogP contribution < -0.4 is 15.4 Å². The van der Waals surface area contributed by atoms with Crippen molar-refractivity contribution < 1.29 is 14.6 Å². The van der Waals surface area contributed by atoms with Gasteiger partial charge in [-0.2, -0.15) is 0 Å². The maximum atomic E-state index is 12.1. The molecule has 23 heavy (non-hydrogen) atoms. The second-order valence-electron chi connectivity index (χ2n) is 6.27. The minimum absolute atomic E-state index is 0.150. The topological polar surface area (TPSA) is 73.8 Å². The average Bonchev–Trinajstić information content (AvgIpc) is 2.80. The Morgan fingerprint density at radius 3 is 2.70 bits per heavy atom. The second kappa shape index (κ2) is 7.19. The van der Waals surface area contributed by atoms with Crippen LogP contribution in [0.2, 0.25) is 0 Å². The lowest BCUT2D eigenvalue weighted by Crippen LogP contribution is -2.56. The molecular weight excluding hydrogens is 294 g/mol. The Labute approximate surface area is 136 Å². The molecule has 6 nitrogen and oxygen atoms in total. The maximum Gasteiger partial charge on any atom is 0.320 e. The molecule has 0 saturated carbocycles. The summed E-state index contributed by atoms with van der Waals surface area (Å²) < 4.78 is 5.64. The van der Waals surface area contributed by atoms with E-state index in [0.717, 1.165) is 44.5 Å². The standard InChI is InChI=1S/C17H25N3O3/c21-15-17(8-10-18-11-9-17)19-16(22)20(15)12-4-5-13-23-14-6-2-1-3-7-14/h1-3,6-7,15,18,21H,4-5,8-13H2,(H,19,22). The monoisotopic (exact) mass is 319 g/mol. The van der Waals surface area contributed by atoms with E-state index in [1.807, 2.05) is 30.3 Å². The summed E-state index contributed by atoms with van der Waals surface area (Å²) in [6.45, 7) is 2.83. The highest BCUT2D eigenvalue weighted by molar-refractivity contribution is 5.78. The number of aliphatic hydroxyl groups is 1. The molecule has 1 aromatic carbocycles. The molecule has 2 amide bonds. The van der Waals surface area contributed by atoms with Gasteiger partial charge in [-0.1, -0.05) is 18.2 Å². The van der Waals surface area contributed by atoms with Gasteiger partial charge < -0.3 is 20.5 Å². The molecule has 2 aliphatic rings. The number of amides is 2. The number of aliphatic hydroxyl groups excluding tert-OH is 1. The first-order valence-corrected chi connectivity index (χ1v) is 8.37. The molecule has 6 heteroatoms. The van der Waals surface area contributed by atoms with Crippen LogP contribution in [0.4, 0.5) is 4.79 Å². The lowest BCUT2D eigenvalue weighted by molar-refractivity contribution is -0.0108. The molecule has 0 radical (unpaired) electrons. The van der Waals surface area contributed by atoms with Gasteiger partial charge in [0.25, 0.3) is 0 Å². The third-order valence-corrected chi connectivity index (χ3v) is 4.71. The van der Waals surface area contributed by atoms with Crippen molar-refractivity contribution >= 4 is 6.03 Å². The van der Waals surface area contributed by atoms with E-state index in [-0.39, 0.29) is 6.03 Å². The first kappa shape index (κ1) is 16.1. The van der Waals surface area contributed by atoms with E-state index in [1.165, 1.54) is 0 Å². The van der Waals surface area contributed by atoms with E-state index >= 15 is 0 Å². The van der Waals surface area contributed by atoms with Gasteiger partial charge in [0, 0.05) is 6.54 Å². The lowest BCUT2D eigenvalue weighted by atomic mass is 9.87. The molecular formula is C17H25N3O3.